The maximum absolute atomic E-state index is 13.0. The Kier molecular flexibility index (Phi) is 55.6. The van der Waals surface area contributed by atoms with Crippen molar-refractivity contribution in [1.29, 1.82) is 0 Å². The van der Waals surface area contributed by atoms with Crippen LogP contribution in [-0.4, -0.2) is 73.4 Å². The van der Waals surface area contributed by atoms with Crippen LogP contribution in [0.3, 0.4) is 0 Å². The maximum Gasteiger partial charge on any atom is 0.472 e. The van der Waals surface area contributed by atoms with Crippen molar-refractivity contribution in [3.05, 3.63) is 85.1 Å². The number of carbonyl (C=O) groups is 1. The number of nitrogens with one attached hydrogen (secondary N) is 1. The molecule has 0 aliphatic carbocycles. The van der Waals surface area contributed by atoms with Gasteiger partial charge in [0.25, 0.3) is 0 Å². The predicted molar refractivity (Wildman–Crippen MR) is 332 cm³/mol. The lowest BCUT2D eigenvalue weighted by Crippen LogP contribution is -2.45. The van der Waals surface area contributed by atoms with E-state index in [-0.39, 0.29) is 19.1 Å². The number of quaternary nitrogens is 1. The van der Waals surface area contributed by atoms with Crippen LogP contribution in [0.15, 0.2) is 85.1 Å². The van der Waals surface area contributed by atoms with Crippen LogP contribution in [-0.2, 0) is 18.4 Å². The van der Waals surface area contributed by atoms with Crippen molar-refractivity contribution in [3.63, 3.8) is 0 Å². The van der Waals surface area contributed by atoms with E-state index in [1.54, 1.807) is 6.08 Å². The summed E-state index contributed by atoms with van der Waals surface area (Å²) < 4.78 is 23.7. The van der Waals surface area contributed by atoms with Crippen molar-refractivity contribution < 1.29 is 32.9 Å². The average molecular weight is 1080 g/mol. The van der Waals surface area contributed by atoms with Crippen LogP contribution >= 0.6 is 7.82 Å². The van der Waals surface area contributed by atoms with E-state index in [4.69, 9.17) is 9.05 Å². The molecule has 0 aliphatic rings. The monoisotopic (exact) mass is 1080 g/mol. The number of likely N-dealkylation sites (N-methyl/N-ethyl adjacent to an activating group) is 1. The molecule has 0 aromatic rings. The number of aliphatic hydroxyl groups excluding tert-OH is 1. The van der Waals surface area contributed by atoms with Gasteiger partial charge in [-0.15, -0.1) is 0 Å². The van der Waals surface area contributed by atoms with E-state index < -0.39 is 20.0 Å². The number of hydrogen-bond acceptors (Lipinski definition) is 5. The molecule has 0 heterocycles. The van der Waals surface area contributed by atoms with E-state index in [0.717, 1.165) is 70.6 Å². The highest BCUT2D eigenvalue weighted by Crippen LogP contribution is 2.43. The molecule has 0 saturated heterocycles. The van der Waals surface area contributed by atoms with Crippen LogP contribution in [0.2, 0.25) is 0 Å². The van der Waals surface area contributed by atoms with Crippen molar-refractivity contribution in [2.45, 2.75) is 296 Å². The van der Waals surface area contributed by atoms with Crippen molar-refractivity contribution in [3.8, 4) is 0 Å². The smallest absolute Gasteiger partial charge is 0.387 e. The SMILES string of the molecule is CC/C=C\C/C=C\C/C=C\C/C=C\CCCCCCCCCCCCCCCCCCCCCCC(=O)NC(COP(=O)(O)OCC[N+](C)(C)C)C(O)/C=C/CC/C=C/CC/C=C/CCCCCCCCCCCCC. The first-order chi connectivity index (χ1) is 37.0. The van der Waals surface area contributed by atoms with E-state index in [1.165, 1.54) is 193 Å². The van der Waals surface area contributed by atoms with Crippen LogP contribution < -0.4 is 5.32 Å². The van der Waals surface area contributed by atoms with Crippen LogP contribution in [0.1, 0.15) is 284 Å². The average Bonchev–Trinajstić information content (AvgIpc) is 3.38. The Labute approximate surface area is 471 Å². The first-order valence-electron chi connectivity index (χ1n) is 32.0. The molecule has 442 valence electrons. The van der Waals surface area contributed by atoms with Gasteiger partial charge >= 0.3 is 7.82 Å². The first kappa shape index (κ1) is 73.7. The van der Waals surface area contributed by atoms with Crippen molar-refractivity contribution >= 4 is 13.7 Å². The number of aliphatic hydroxyl groups is 1. The zero-order valence-electron chi connectivity index (χ0n) is 50.5. The molecule has 0 aromatic carbocycles. The maximum atomic E-state index is 13.0. The van der Waals surface area contributed by atoms with Crippen molar-refractivity contribution in [2.75, 3.05) is 40.9 Å². The molecule has 0 spiro atoms. The van der Waals surface area contributed by atoms with Gasteiger partial charge in [0.15, 0.2) is 0 Å². The molecule has 9 heteroatoms. The van der Waals surface area contributed by atoms with Gasteiger partial charge in [-0.1, -0.05) is 279 Å². The van der Waals surface area contributed by atoms with Gasteiger partial charge in [-0.3, -0.25) is 13.8 Å². The summed E-state index contributed by atoms with van der Waals surface area (Å²) in [6, 6.07) is -0.873. The number of phosphoric ester groups is 1. The Morgan fingerprint density at radius 2 is 0.803 bits per heavy atom. The number of allylic oxidation sites excluding steroid dienone is 13. The lowest BCUT2D eigenvalue weighted by molar-refractivity contribution is -0.870. The van der Waals surface area contributed by atoms with Gasteiger partial charge in [0, 0.05) is 6.42 Å². The molecule has 0 radical (unpaired) electrons. The molecule has 0 saturated carbocycles. The zero-order chi connectivity index (χ0) is 55.6. The summed E-state index contributed by atoms with van der Waals surface area (Å²) in [4.78, 5) is 23.4. The Hall–Kier alpha value is -2.32. The molecule has 3 unspecified atom stereocenters. The first-order valence-corrected chi connectivity index (χ1v) is 33.5. The van der Waals surface area contributed by atoms with Gasteiger partial charge in [-0.05, 0) is 83.5 Å². The molecule has 3 N–H and O–H groups in total. The second-order valence-electron chi connectivity index (χ2n) is 22.7. The summed E-state index contributed by atoms with van der Waals surface area (Å²) in [5, 5.41) is 13.9. The van der Waals surface area contributed by atoms with Gasteiger partial charge in [-0.2, -0.15) is 0 Å². The Morgan fingerprint density at radius 1 is 0.461 bits per heavy atom. The molecule has 0 aromatic heterocycles. The van der Waals surface area contributed by atoms with Gasteiger partial charge in [0.1, 0.15) is 13.2 Å². The highest BCUT2D eigenvalue weighted by atomic mass is 31.2. The molecule has 0 bridgehead atoms. The Balaban J connectivity index is 4.12. The largest absolute Gasteiger partial charge is 0.472 e. The third kappa shape index (κ3) is 59.3. The van der Waals surface area contributed by atoms with Gasteiger partial charge in [0.2, 0.25) is 5.91 Å². The van der Waals surface area contributed by atoms with Crippen LogP contribution in [0.5, 0.6) is 0 Å². The molecule has 0 fully saturated rings. The third-order valence-electron chi connectivity index (χ3n) is 14.1. The summed E-state index contributed by atoms with van der Waals surface area (Å²) in [5.41, 5.74) is 0. The molecule has 0 rings (SSSR count). The summed E-state index contributed by atoms with van der Waals surface area (Å²) in [6.45, 7) is 4.70. The van der Waals surface area contributed by atoms with E-state index >= 15 is 0 Å². The number of amides is 1. The second-order valence-corrected chi connectivity index (χ2v) is 24.2. The number of hydrogen-bond donors (Lipinski definition) is 3. The highest BCUT2D eigenvalue weighted by molar-refractivity contribution is 7.47. The van der Waals surface area contributed by atoms with Crippen LogP contribution in [0, 0.1) is 0 Å². The number of rotatable bonds is 58. The van der Waals surface area contributed by atoms with Crippen molar-refractivity contribution in [1.82, 2.24) is 5.32 Å². The van der Waals surface area contributed by atoms with Crippen LogP contribution in [0.4, 0.5) is 0 Å². The van der Waals surface area contributed by atoms with Crippen molar-refractivity contribution in [2.24, 2.45) is 0 Å². The number of carbonyl (C=O) groups excluding carboxylic acids is 1. The minimum atomic E-state index is -4.36. The quantitative estimate of drug-likeness (QED) is 0.0243. The standard InChI is InChI=1S/C67H123N2O6P/c1-6-8-10-12-14-16-18-20-22-24-26-28-29-30-31-32-33-34-35-36-37-38-39-41-43-45-47-49-51-53-55-57-59-61-67(71)68-65(64-75-76(72,73)74-63-62-69(3,4)5)66(70)60-58-56-54-52-50-48-46-44-42-40-27-25-23-21-19-17-15-13-11-9-7-2/h8,10,14,16,20,22,26,28,42,44,50,52,58,60,65-66,70H,6-7,9,11-13,15,17-19,21,23-25,27,29-41,43,45-49,51,53-57,59,61-64H2,1-5H3,(H-,68,71,72,73)/p+1/b10-8-,16-14-,22-20-,28-26-,44-42+,52-50+,60-58+. The molecule has 8 nitrogen and oxygen atoms in total. The fraction of sp³-hybridized carbons (Fsp3) is 0.776. The zero-order valence-corrected chi connectivity index (χ0v) is 51.4. The van der Waals surface area contributed by atoms with E-state index in [2.05, 4.69) is 92.1 Å². The summed E-state index contributed by atoms with van der Waals surface area (Å²) >= 11 is 0. The molecular weight excluding hydrogens is 960 g/mol. The number of phosphoric acid groups is 1. The number of unbranched alkanes of at least 4 members (excludes halogenated alkanes) is 33. The Bertz CT molecular complexity index is 1510. The summed E-state index contributed by atoms with van der Waals surface area (Å²) in [5.74, 6) is -0.189. The molecule has 0 aliphatic heterocycles. The third-order valence-corrected chi connectivity index (χ3v) is 15.1. The minimum Gasteiger partial charge on any atom is -0.387 e. The fourth-order valence-corrected chi connectivity index (χ4v) is 9.86. The molecule has 3 atom stereocenters. The topological polar surface area (TPSA) is 105 Å². The summed E-state index contributed by atoms with van der Waals surface area (Å²) in [7, 11) is 1.55. The van der Waals surface area contributed by atoms with Gasteiger partial charge < -0.3 is 19.8 Å². The second kappa shape index (κ2) is 57.4. The fourth-order valence-electron chi connectivity index (χ4n) is 9.13. The van der Waals surface area contributed by atoms with Gasteiger partial charge in [0.05, 0.1) is 39.9 Å². The molecule has 76 heavy (non-hydrogen) atoms. The van der Waals surface area contributed by atoms with E-state index in [0.29, 0.717) is 17.4 Å². The number of nitrogens with zero attached hydrogens (tertiary/aromatic N) is 1. The minimum absolute atomic E-state index is 0.0521. The lowest BCUT2D eigenvalue weighted by Gasteiger charge is -2.25. The molecular formula is C67H124N2O6P+. The Morgan fingerprint density at radius 3 is 1.21 bits per heavy atom. The molecule has 1 amide bonds. The predicted octanol–water partition coefficient (Wildman–Crippen LogP) is 20.0. The van der Waals surface area contributed by atoms with E-state index in [9.17, 15) is 19.4 Å². The normalized spacial score (nSPS) is 14.4. The summed E-state index contributed by atoms with van der Waals surface area (Å²) in [6.07, 6.45) is 81.4. The van der Waals surface area contributed by atoms with Crippen LogP contribution in [0.25, 0.3) is 0 Å². The lowest BCUT2D eigenvalue weighted by atomic mass is 10.0. The highest BCUT2D eigenvalue weighted by Gasteiger charge is 2.27. The van der Waals surface area contributed by atoms with Gasteiger partial charge in [-0.25, -0.2) is 4.57 Å². The van der Waals surface area contributed by atoms with E-state index in [1.807, 2.05) is 27.2 Å².